The number of nitrogens with two attached hydrogens (primary N) is 1. The number of carbonyl (C=O) groups excluding carboxylic acids is 2. The van der Waals surface area contributed by atoms with Gasteiger partial charge in [-0.1, -0.05) is 54.1 Å². The van der Waals surface area contributed by atoms with Gasteiger partial charge in [0, 0.05) is 18.7 Å². The van der Waals surface area contributed by atoms with Crippen LogP contribution in [-0.4, -0.2) is 36.3 Å². The van der Waals surface area contributed by atoms with Crippen LogP contribution in [0.5, 0.6) is 0 Å². The molecule has 1 aliphatic heterocycles. The number of hydrogen-bond donors (Lipinski definition) is 5. The van der Waals surface area contributed by atoms with E-state index in [1.807, 2.05) is 18.2 Å². The van der Waals surface area contributed by atoms with Crippen LogP contribution in [0.15, 0.2) is 48.5 Å². The first-order valence-electron chi connectivity index (χ1n) is 10.1. The molecule has 7 heteroatoms. The summed E-state index contributed by atoms with van der Waals surface area (Å²) in [6.07, 6.45) is 0.714. The van der Waals surface area contributed by atoms with Gasteiger partial charge in [-0.15, -0.1) is 0 Å². The molecule has 7 nitrogen and oxygen atoms in total. The van der Waals surface area contributed by atoms with Crippen molar-refractivity contribution in [2.75, 3.05) is 6.54 Å². The van der Waals surface area contributed by atoms with Crippen molar-refractivity contribution in [3.63, 3.8) is 0 Å². The Balaban J connectivity index is 1.46. The molecular formula is C23H29N5O2. The molecule has 2 aromatic rings. The largest absolute Gasteiger partial charge is 0.384 e. The van der Waals surface area contributed by atoms with Crippen molar-refractivity contribution in [1.29, 1.82) is 5.41 Å². The second-order valence-electron chi connectivity index (χ2n) is 7.87. The van der Waals surface area contributed by atoms with Gasteiger partial charge in [-0.25, -0.2) is 0 Å². The molecule has 1 saturated heterocycles. The van der Waals surface area contributed by atoms with Gasteiger partial charge in [-0.3, -0.25) is 15.0 Å². The molecule has 0 saturated carbocycles. The minimum absolute atomic E-state index is 0.00656. The van der Waals surface area contributed by atoms with Crippen LogP contribution in [0, 0.1) is 12.3 Å². The number of hydrogen-bond acceptors (Lipinski definition) is 4. The molecule has 1 aliphatic rings. The van der Waals surface area contributed by atoms with E-state index in [1.165, 1.54) is 11.1 Å². The van der Waals surface area contributed by atoms with E-state index in [2.05, 4.69) is 41.1 Å². The summed E-state index contributed by atoms with van der Waals surface area (Å²) < 4.78 is 0. The highest BCUT2D eigenvalue weighted by Gasteiger charge is 2.31. The average molecular weight is 408 g/mol. The molecule has 3 unspecified atom stereocenters. The molecule has 2 aromatic carbocycles. The van der Waals surface area contributed by atoms with Gasteiger partial charge in [0.1, 0.15) is 11.9 Å². The lowest BCUT2D eigenvalue weighted by atomic mass is 9.95. The van der Waals surface area contributed by atoms with Crippen LogP contribution in [-0.2, 0) is 16.1 Å². The summed E-state index contributed by atoms with van der Waals surface area (Å²) in [5, 5.41) is 16.3. The first-order chi connectivity index (χ1) is 14.3. The summed E-state index contributed by atoms with van der Waals surface area (Å²) in [5.74, 6) is -0.0966. The van der Waals surface area contributed by atoms with Crippen LogP contribution in [0.3, 0.4) is 0 Å². The van der Waals surface area contributed by atoms with Crippen molar-refractivity contribution in [2.45, 2.75) is 44.8 Å². The van der Waals surface area contributed by atoms with E-state index in [0.717, 1.165) is 12.1 Å². The zero-order valence-corrected chi connectivity index (χ0v) is 17.4. The summed E-state index contributed by atoms with van der Waals surface area (Å²) in [6.45, 7) is 4.83. The maximum absolute atomic E-state index is 12.6. The van der Waals surface area contributed by atoms with Gasteiger partial charge in [0.25, 0.3) is 0 Å². The standard InChI is InChI=1S/C23H29N5O2/c1-14-4-3-5-18(10-14)19-11-20(26-13-19)23(30)28-15(2)22(29)27-12-16-6-8-17(9-7-16)21(24)25/h3-10,15,19-20,26H,11-13H2,1-2H3,(H3,24,25)(H,27,29)(H,28,30). The van der Waals surface area contributed by atoms with Crippen molar-refractivity contribution in [3.05, 3.63) is 70.8 Å². The maximum atomic E-state index is 12.6. The molecule has 30 heavy (non-hydrogen) atoms. The topological polar surface area (TPSA) is 120 Å². The fourth-order valence-electron chi connectivity index (χ4n) is 3.64. The summed E-state index contributed by atoms with van der Waals surface area (Å²) in [5.41, 5.74) is 9.42. The van der Waals surface area contributed by atoms with E-state index in [1.54, 1.807) is 19.1 Å². The number of rotatable bonds is 7. The third kappa shape index (κ3) is 5.45. The molecule has 3 atom stereocenters. The first kappa shape index (κ1) is 21.5. The molecule has 0 radical (unpaired) electrons. The van der Waals surface area contributed by atoms with E-state index in [-0.39, 0.29) is 23.7 Å². The van der Waals surface area contributed by atoms with Gasteiger partial charge < -0.3 is 21.7 Å². The molecule has 0 bridgehead atoms. The number of nitrogens with one attached hydrogen (secondary N) is 4. The lowest BCUT2D eigenvalue weighted by Crippen LogP contribution is -2.49. The molecule has 6 N–H and O–H groups in total. The Morgan fingerprint density at radius 1 is 1.23 bits per heavy atom. The van der Waals surface area contributed by atoms with E-state index >= 15 is 0 Å². The Labute approximate surface area is 176 Å². The lowest BCUT2D eigenvalue weighted by Gasteiger charge is -2.17. The van der Waals surface area contributed by atoms with Crippen molar-refractivity contribution in [1.82, 2.24) is 16.0 Å². The predicted octanol–water partition coefficient (Wildman–Crippen LogP) is 1.55. The number of amidine groups is 1. The van der Waals surface area contributed by atoms with E-state index < -0.39 is 6.04 Å². The van der Waals surface area contributed by atoms with Gasteiger partial charge in [0.05, 0.1) is 6.04 Å². The highest BCUT2D eigenvalue weighted by molar-refractivity contribution is 5.95. The zero-order valence-electron chi connectivity index (χ0n) is 17.4. The number of aryl methyl sites for hydroxylation is 1. The minimum Gasteiger partial charge on any atom is -0.384 e. The Morgan fingerprint density at radius 2 is 1.97 bits per heavy atom. The second kappa shape index (κ2) is 9.54. The maximum Gasteiger partial charge on any atom is 0.242 e. The van der Waals surface area contributed by atoms with Gasteiger partial charge in [0.2, 0.25) is 11.8 Å². The highest BCUT2D eigenvalue weighted by atomic mass is 16.2. The Bertz CT molecular complexity index is 925. The van der Waals surface area contributed by atoms with Crippen LogP contribution < -0.4 is 21.7 Å². The van der Waals surface area contributed by atoms with E-state index in [0.29, 0.717) is 24.4 Å². The van der Waals surface area contributed by atoms with Crippen molar-refractivity contribution < 1.29 is 9.59 Å². The van der Waals surface area contributed by atoms with E-state index in [9.17, 15) is 9.59 Å². The summed E-state index contributed by atoms with van der Waals surface area (Å²) in [7, 11) is 0. The van der Waals surface area contributed by atoms with Crippen LogP contribution in [0.25, 0.3) is 0 Å². The van der Waals surface area contributed by atoms with Gasteiger partial charge in [0.15, 0.2) is 0 Å². The average Bonchev–Trinajstić information content (AvgIpc) is 3.22. The quantitative estimate of drug-likeness (QED) is 0.353. The predicted molar refractivity (Wildman–Crippen MR) is 117 cm³/mol. The van der Waals surface area contributed by atoms with Crippen molar-refractivity contribution in [3.8, 4) is 0 Å². The van der Waals surface area contributed by atoms with Crippen LogP contribution in [0.1, 0.15) is 41.5 Å². The molecule has 1 fully saturated rings. The molecule has 2 amide bonds. The molecule has 0 aliphatic carbocycles. The highest BCUT2D eigenvalue weighted by Crippen LogP contribution is 2.26. The molecule has 0 aromatic heterocycles. The molecule has 158 valence electrons. The Kier molecular flexibility index (Phi) is 6.84. The van der Waals surface area contributed by atoms with Crippen LogP contribution >= 0.6 is 0 Å². The zero-order chi connectivity index (χ0) is 21.7. The smallest absolute Gasteiger partial charge is 0.242 e. The summed E-state index contributed by atoms with van der Waals surface area (Å²) in [6, 6.07) is 14.5. The lowest BCUT2D eigenvalue weighted by molar-refractivity contribution is -0.129. The number of nitrogen functional groups attached to an aromatic ring is 1. The van der Waals surface area contributed by atoms with Gasteiger partial charge in [-0.05, 0) is 37.3 Å². The molecular weight excluding hydrogens is 378 g/mol. The number of carbonyl (C=O) groups is 2. The number of amides is 2. The first-order valence-corrected chi connectivity index (χ1v) is 10.1. The monoisotopic (exact) mass is 407 g/mol. The van der Waals surface area contributed by atoms with Gasteiger partial charge in [-0.2, -0.15) is 0 Å². The van der Waals surface area contributed by atoms with E-state index in [4.69, 9.17) is 11.1 Å². The summed E-state index contributed by atoms with van der Waals surface area (Å²) >= 11 is 0. The number of benzene rings is 2. The van der Waals surface area contributed by atoms with Crippen LogP contribution in [0.4, 0.5) is 0 Å². The Hall–Kier alpha value is -3.19. The minimum atomic E-state index is -0.631. The third-order valence-electron chi connectivity index (χ3n) is 5.44. The fourth-order valence-corrected chi connectivity index (χ4v) is 3.64. The van der Waals surface area contributed by atoms with Crippen molar-refractivity contribution >= 4 is 17.6 Å². The van der Waals surface area contributed by atoms with Crippen molar-refractivity contribution in [2.24, 2.45) is 5.73 Å². The third-order valence-corrected chi connectivity index (χ3v) is 5.44. The Morgan fingerprint density at radius 3 is 2.63 bits per heavy atom. The second-order valence-corrected chi connectivity index (χ2v) is 7.87. The molecule has 1 heterocycles. The summed E-state index contributed by atoms with van der Waals surface area (Å²) in [4.78, 5) is 25.0. The van der Waals surface area contributed by atoms with Gasteiger partial charge >= 0.3 is 0 Å². The molecule has 0 spiro atoms. The van der Waals surface area contributed by atoms with Crippen LogP contribution in [0.2, 0.25) is 0 Å². The molecule has 3 rings (SSSR count). The normalized spacial score (nSPS) is 19.1. The SMILES string of the molecule is Cc1cccc(C2CNC(C(=O)NC(C)C(=O)NCc3ccc(C(=N)N)cc3)C2)c1. The fraction of sp³-hybridized carbons (Fsp3) is 0.348.